The fourth-order valence-electron chi connectivity index (χ4n) is 3.81. The van der Waals surface area contributed by atoms with Crippen LogP contribution in [-0.4, -0.2) is 30.3 Å². The number of amides is 1. The summed E-state index contributed by atoms with van der Waals surface area (Å²) < 4.78 is 44.0. The number of benzene rings is 2. The molecule has 3 heterocycles. The van der Waals surface area contributed by atoms with Crippen molar-refractivity contribution in [3.63, 3.8) is 0 Å². The van der Waals surface area contributed by atoms with Crippen LogP contribution >= 0.6 is 11.6 Å². The van der Waals surface area contributed by atoms with Gasteiger partial charge in [-0.2, -0.15) is 23.4 Å². The number of carbonyl (C=O) groups excluding carboxylic acids is 1. The minimum absolute atomic E-state index is 0.0959. The molecule has 0 aliphatic heterocycles. The monoisotopic (exact) mass is 524 g/mol. The first kappa shape index (κ1) is 24.5. The van der Waals surface area contributed by atoms with Gasteiger partial charge in [-0.15, -0.1) is 0 Å². The third-order valence-electron chi connectivity index (χ3n) is 5.89. The number of halogens is 4. The third kappa shape index (κ3) is 5.19. The molecular weight excluding hydrogens is 505 g/mol. The van der Waals surface area contributed by atoms with Gasteiger partial charge in [0.25, 0.3) is 5.91 Å². The summed E-state index contributed by atoms with van der Waals surface area (Å²) in [5.74, 6) is -0.473. The number of alkyl halides is 3. The highest BCUT2D eigenvalue weighted by Gasteiger charge is 2.35. The second-order valence-corrected chi connectivity index (χ2v) is 9.04. The first-order valence-corrected chi connectivity index (χ1v) is 11.6. The first-order chi connectivity index (χ1) is 17.6. The smallest absolute Gasteiger partial charge is 0.304 e. The van der Waals surface area contributed by atoms with Crippen LogP contribution in [0.2, 0.25) is 5.02 Å². The van der Waals surface area contributed by atoms with Crippen LogP contribution in [0.4, 0.5) is 19.0 Å². The number of aromatic nitrogens is 5. The molecule has 0 unspecified atom stereocenters. The molecule has 5 rings (SSSR count). The van der Waals surface area contributed by atoms with Crippen LogP contribution in [0.5, 0.6) is 0 Å². The van der Waals surface area contributed by atoms with Gasteiger partial charge in [0, 0.05) is 28.9 Å². The van der Waals surface area contributed by atoms with Gasteiger partial charge in [-0.25, -0.2) is 9.50 Å². The van der Waals surface area contributed by atoms with Gasteiger partial charge in [-0.3, -0.25) is 9.48 Å². The van der Waals surface area contributed by atoms with Crippen LogP contribution < -0.4 is 5.32 Å². The molecule has 3 aromatic heterocycles. The van der Waals surface area contributed by atoms with E-state index >= 15 is 0 Å². The highest BCUT2D eigenvalue weighted by atomic mass is 35.5. The van der Waals surface area contributed by atoms with Crippen molar-refractivity contribution in [3.8, 4) is 11.3 Å². The van der Waals surface area contributed by atoms with E-state index in [0.29, 0.717) is 21.6 Å². The number of hydrogen-bond donors (Lipinski definition) is 1. The van der Waals surface area contributed by atoms with Crippen molar-refractivity contribution in [2.75, 3.05) is 5.32 Å². The van der Waals surface area contributed by atoms with Gasteiger partial charge >= 0.3 is 6.18 Å². The number of nitrogens with zero attached hydrogens (tertiary/aromatic N) is 5. The molecular formula is C26H20ClF3N6O. The zero-order valence-corrected chi connectivity index (χ0v) is 20.5. The molecule has 1 N–H and O–H groups in total. The van der Waals surface area contributed by atoms with Crippen molar-refractivity contribution in [2.45, 2.75) is 26.6 Å². The summed E-state index contributed by atoms with van der Waals surface area (Å²) in [5.41, 5.74) is 2.22. The largest absolute Gasteiger partial charge is 0.433 e. The van der Waals surface area contributed by atoms with E-state index in [2.05, 4.69) is 20.5 Å². The molecule has 0 spiro atoms. The number of fused-ring (bicyclic) bond motifs is 1. The number of nitrogens with one attached hydrogen (secondary N) is 1. The van der Waals surface area contributed by atoms with E-state index in [1.54, 1.807) is 41.2 Å². The molecule has 11 heteroatoms. The molecule has 0 saturated carbocycles. The molecule has 2 aromatic carbocycles. The maximum absolute atomic E-state index is 13.9. The standard InChI is InChI=1S/C26H20ClF3N6O/c1-15-3-6-18(11-16(15)2)20-12-22(26(28,29)30)36-24(31-20)13-21(33-36)25(37)32-23-9-10-35(34-23)14-17-4-7-19(27)8-5-17/h3-13H,14H2,1-2H3,(H,32,34,37). The lowest BCUT2D eigenvalue weighted by atomic mass is 10.0. The number of hydrogen-bond acceptors (Lipinski definition) is 4. The molecule has 188 valence electrons. The summed E-state index contributed by atoms with van der Waals surface area (Å²) in [5, 5.41) is 11.4. The molecule has 0 saturated heterocycles. The van der Waals surface area contributed by atoms with Crippen molar-refractivity contribution >= 4 is 29.0 Å². The Hall–Kier alpha value is -4.18. The summed E-state index contributed by atoms with van der Waals surface area (Å²) >= 11 is 5.91. The van der Waals surface area contributed by atoms with Crippen LogP contribution in [-0.2, 0) is 12.7 Å². The number of carbonyl (C=O) groups is 1. The average molecular weight is 525 g/mol. The molecule has 0 radical (unpaired) electrons. The summed E-state index contributed by atoms with van der Waals surface area (Å²) in [6.07, 6.45) is -3.04. The number of anilines is 1. The summed E-state index contributed by atoms with van der Waals surface area (Å²) in [4.78, 5) is 17.2. The van der Waals surface area contributed by atoms with Crippen molar-refractivity contribution in [3.05, 3.63) is 100.0 Å². The van der Waals surface area contributed by atoms with Gasteiger partial charge < -0.3 is 5.32 Å². The Balaban J connectivity index is 1.43. The lowest BCUT2D eigenvalue weighted by molar-refractivity contribution is -0.142. The minimum atomic E-state index is -4.71. The third-order valence-corrected chi connectivity index (χ3v) is 6.15. The minimum Gasteiger partial charge on any atom is -0.304 e. The van der Waals surface area contributed by atoms with Crippen LogP contribution in [0.1, 0.15) is 32.9 Å². The topological polar surface area (TPSA) is 77.1 Å². The summed E-state index contributed by atoms with van der Waals surface area (Å²) in [7, 11) is 0. The molecule has 1 amide bonds. The van der Waals surface area contributed by atoms with Gasteiger partial charge in [-0.05, 0) is 54.8 Å². The molecule has 7 nitrogen and oxygen atoms in total. The Morgan fingerprint density at radius 1 is 0.973 bits per heavy atom. The maximum Gasteiger partial charge on any atom is 0.433 e. The zero-order chi connectivity index (χ0) is 26.3. The maximum atomic E-state index is 13.9. The van der Waals surface area contributed by atoms with E-state index < -0.39 is 17.8 Å². The van der Waals surface area contributed by atoms with E-state index in [4.69, 9.17) is 11.6 Å². The normalized spacial score (nSPS) is 11.7. The van der Waals surface area contributed by atoms with Crippen LogP contribution in [0.3, 0.4) is 0 Å². The molecule has 0 aliphatic carbocycles. The van der Waals surface area contributed by atoms with Gasteiger partial charge in [0.15, 0.2) is 22.9 Å². The quantitative estimate of drug-likeness (QED) is 0.298. The molecule has 0 fully saturated rings. The highest BCUT2D eigenvalue weighted by molar-refractivity contribution is 6.30. The molecule has 37 heavy (non-hydrogen) atoms. The van der Waals surface area contributed by atoms with Crippen molar-refractivity contribution in [1.29, 1.82) is 0 Å². The van der Waals surface area contributed by atoms with Crippen molar-refractivity contribution in [2.24, 2.45) is 0 Å². The highest BCUT2D eigenvalue weighted by Crippen LogP contribution is 2.33. The van der Waals surface area contributed by atoms with Crippen LogP contribution in [0, 0.1) is 13.8 Å². The second-order valence-electron chi connectivity index (χ2n) is 8.60. The van der Waals surface area contributed by atoms with Gasteiger partial charge in [-0.1, -0.05) is 35.9 Å². The SMILES string of the molecule is Cc1ccc(-c2cc(C(F)(F)F)n3nc(C(=O)Nc4ccn(Cc5ccc(Cl)cc5)n4)cc3n2)cc1C. The Bertz CT molecular complexity index is 1620. The Morgan fingerprint density at radius 2 is 1.73 bits per heavy atom. The van der Waals surface area contributed by atoms with E-state index in [1.165, 1.54) is 6.07 Å². The molecule has 0 aliphatic rings. The molecule has 0 atom stereocenters. The predicted octanol–water partition coefficient (Wildman–Crippen LogP) is 6.18. The van der Waals surface area contributed by atoms with Gasteiger partial charge in [0.05, 0.1) is 12.2 Å². The van der Waals surface area contributed by atoms with Gasteiger partial charge in [0.1, 0.15) is 0 Å². The lowest BCUT2D eigenvalue weighted by Gasteiger charge is -2.11. The summed E-state index contributed by atoms with van der Waals surface area (Å²) in [6, 6.07) is 16.3. The average Bonchev–Trinajstić information content (AvgIpc) is 3.47. The molecule has 5 aromatic rings. The summed E-state index contributed by atoms with van der Waals surface area (Å²) in [6.45, 7) is 4.24. The zero-order valence-electron chi connectivity index (χ0n) is 19.7. The van der Waals surface area contributed by atoms with Crippen LogP contribution in [0.15, 0.2) is 66.9 Å². The van der Waals surface area contributed by atoms with Gasteiger partial charge in [0.2, 0.25) is 0 Å². The van der Waals surface area contributed by atoms with Crippen molar-refractivity contribution in [1.82, 2.24) is 24.4 Å². The van der Waals surface area contributed by atoms with E-state index in [-0.39, 0.29) is 22.9 Å². The van der Waals surface area contributed by atoms with E-state index in [1.807, 2.05) is 32.0 Å². The predicted molar refractivity (Wildman–Crippen MR) is 134 cm³/mol. The number of rotatable bonds is 5. The first-order valence-electron chi connectivity index (χ1n) is 11.2. The Labute approximate surface area is 214 Å². The Kier molecular flexibility index (Phi) is 6.20. The van der Waals surface area contributed by atoms with Crippen LogP contribution in [0.25, 0.3) is 16.9 Å². The van der Waals surface area contributed by atoms with E-state index in [9.17, 15) is 18.0 Å². The second kappa shape index (κ2) is 9.36. The lowest BCUT2D eigenvalue weighted by Crippen LogP contribution is -2.16. The van der Waals surface area contributed by atoms with E-state index in [0.717, 1.165) is 22.8 Å². The molecule has 0 bridgehead atoms. The Morgan fingerprint density at radius 3 is 2.43 bits per heavy atom. The fraction of sp³-hybridized carbons (Fsp3) is 0.154. The van der Waals surface area contributed by atoms with Crippen molar-refractivity contribution < 1.29 is 18.0 Å². The number of aryl methyl sites for hydroxylation is 2. The fourth-order valence-corrected chi connectivity index (χ4v) is 3.94.